The van der Waals surface area contributed by atoms with Crippen molar-refractivity contribution in [3.8, 4) is 5.75 Å². The summed E-state index contributed by atoms with van der Waals surface area (Å²) in [5.74, 6) is -0.298. The summed E-state index contributed by atoms with van der Waals surface area (Å²) in [6.45, 7) is 7.44. The van der Waals surface area contributed by atoms with Crippen LogP contribution >= 0.6 is 0 Å². The highest BCUT2D eigenvalue weighted by Crippen LogP contribution is 2.26. The molecule has 9 heteroatoms. The summed E-state index contributed by atoms with van der Waals surface area (Å²) in [6, 6.07) is 19.8. The second-order valence-corrected chi connectivity index (χ2v) is 10.9. The van der Waals surface area contributed by atoms with Gasteiger partial charge in [-0.1, -0.05) is 47.5 Å². The molecule has 38 heavy (non-hydrogen) atoms. The Hall–Kier alpha value is -3.85. The molecule has 1 unspecified atom stereocenters. The lowest BCUT2D eigenvalue weighted by Crippen LogP contribution is -2.50. The normalized spacial score (nSPS) is 11.9. The van der Waals surface area contributed by atoms with Gasteiger partial charge in [-0.05, 0) is 69.7 Å². The summed E-state index contributed by atoms with van der Waals surface area (Å²) in [4.78, 5) is 27.8. The molecular weight excluding hydrogens is 502 g/mol. The number of hydrogen-bond acceptors (Lipinski definition) is 5. The van der Waals surface area contributed by atoms with Gasteiger partial charge in [0.15, 0.2) is 0 Å². The summed E-state index contributed by atoms with van der Waals surface area (Å²) in [5.41, 5.74) is 3.15. The number of aryl methyl sites for hydroxylation is 2. The third-order valence-corrected chi connectivity index (χ3v) is 7.96. The third-order valence-electron chi connectivity index (χ3n) is 6.17. The van der Waals surface area contributed by atoms with Crippen molar-refractivity contribution >= 4 is 27.5 Å². The van der Waals surface area contributed by atoms with Crippen LogP contribution in [0.15, 0.2) is 77.7 Å². The smallest absolute Gasteiger partial charge is 0.264 e. The van der Waals surface area contributed by atoms with E-state index < -0.39 is 28.5 Å². The summed E-state index contributed by atoms with van der Waals surface area (Å²) in [5, 5.41) is 2.58. The van der Waals surface area contributed by atoms with Crippen LogP contribution in [-0.4, -0.2) is 51.4 Å². The molecule has 8 nitrogen and oxygen atoms in total. The highest BCUT2D eigenvalue weighted by Gasteiger charge is 2.32. The van der Waals surface area contributed by atoms with Gasteiger partial charge in [0.05, 0.1) is 17.2 Å². The van der Waals surface area contributed by atoms with Crippen LogP contribution in [0.2, 0.25) is 0 Å². The van der Waals surface area contributed by atoms with Gasteiger partial charge in [-0.3, -0.25) is 13.9 Å². The van der Waals surface area contributed by atoms with Crippen LogP contribution in [0.4, 0.5) is 5.69 Å². The number of nitrogens with one attached hydrogen (secondary N) is 1. The van der Waals surface area contributed by atoms with Crippen molar-refractivity contribution in [1.82, 2.24) is 10.2 Å². The molecule has 0 bridgehead atoms. The highest BCUT2D eigenvalue weighted by molar-refractivity contribution is 7.92. The molecular formula is C29H35N3O5S. The molecule has 0 aliphatic rings. The van der Waals surface area contributed by atoms with Crippen LogP contribution in [0.25, 0.3) is 0 Å². The zero-order valence-electron chi connectivity index (χ0n) is 22.5. The molecule has 2 amide bonds. The molecule has 0 aliphatic heterocycles. The Balaban J connectivity index is 2.01. The molecule has 0 spiro atoms. The van der Waals surface area contributed by atoms with E-state index in [1.165, 1.54) is 24.1 Å². The number of hydrogen-bond donors (Lipinski definition) is 1. The fourth-order valence-corrected chi connectivity index (χ4v) is 5.45. The van der Waals surface area contributed by atoms with Gasteiger partial charge in [0, 0.05) is 13.6 Å². The number of carbonyl (C=O) groups excluding carboxylic acids is 2. The van der Waals surface area contributed by atoms with Gasteiger partial charge in [0.2, 0.25) is 11.8 Å². The number of sulfonamides is 1. The Morgan fingerprint density at radius 1 is 0.947 bits per heavy atom. The molecule has 0 radical (unpaired) electrons. The number of ether oxygens (including phenoxy) is 1. The van der Waals surface area contributed by atoms with Crippen molar-refractivity contribution in [3.63, 3.8) is 0 Å². The van der Waals surface area contributed by atoms with Crippen molar-refractivity contribution in [3.05, 3.63) is 89.5 Å². The van der Waals surface area contributed by atoms with E-state index in [9.17, 15) is 18.0 Å². The minimum atomic E-state index is -4.13. The average molecular weight is 538 g/mol. The van der Waals surface area contributed by atoms with E-state index in [-0.39, 0.29) is 17.3 Å². The van der Waals surface area contributed by atoms with Crippen molar-refractivity contribution < 1.29 is 22.7 Å². The Bertz CT molecular complexity index is 1360. The number of likely N-dealkylation sites (N-methyl/N-ethyl adjacent to an activating group) is 1. The van der Waals surface area contributed by atoms with Crippen molar-refractivity contribution in [2.24, 2.45) is 0 Å². The zero-order chi connectivity index (χ0) is 27.9. The van der Waals surface area contributed by atoms with Crippen LogP contribution in [0.5, 0.6) is 5.75 Å². The topological polar surface area (TPSA) is 96.0 Å². The van der Waals surface area contributed by atoms with Gasteiger partial charge in [-0.15, -0.1) is 0 Å². The molecule has 1 N–H and O–H groups in total. The molecule has 0 saturated heterocycles. The van der Waals surface area contributed by atoms with E-state index >= 15 is 0 Å². The minimum absolute atomic E-state index is 0.0268. The molecule has 0 saturated carbocycles. The first-order chi connectivity index (χ1) is 18.1. The first kappa shape index (κ1) is 28.7. The standard InChI is InChI=1S/C29H35N3O5S/c1-6-37-26-14-16-27(17-15-26)38(35,36)32(25-12-10-21(2)11-13-25)20-28(33)31(23(4)29(34)30-5)19-24-9-7-8-22(3)18-24/h7-18,23H,6,19-20H2,1-5H3,(H,30,34). The highest BCUT2D eigenvalue weighted by atomic mass is 32.2. The predicted molar refractivity (Wildman–Crippen MR) is 149 cm³/mol. The van der Waals surface area contributed by atoms with Gasteiger partial charge in [-0.25, -0.2) is 8.42 Å². The molecule has 0 aromatic heterocycles. The summed E-state index contributed by atoms with van der Waals surface area (Å²) in [6.07, 6.45) is 0. The van der Waals surface area contributed by atoms with Crippen molar-refractivity contribution in [1.29, 1.82) is 0 Å². The second-order valence-electron chi connectivity index (χ2n) is 9.05. The Morgan fingerprint density at radius 3 is 2.18 bits per heavy atom. The summed E-state index contributed by atoms with van der Waals surface area (Å²) >= 11 is 0. The molecule has 3 aromatic rings. The third kappa shape index (κ3) is 6.92. The SMILES string of the molecule is CCOc1ccc(S(=O)(=O)N(CC(=O)N(Cc2cccc(C)c2)C(C)C(=O)NC)c2ccc(C)cc2)cc1. The number of amides is 2. The maximum absolute atomic E-state index is 13.8. The van der Waals surface area contributed by atoms with Gasteiger partial charge in [0.25, 0.3) is 10.0 Å². The van der Waals surface area contributed by atoms with E-state index in [4.69, 9.17) is 4.74 Å². The van der Waals surface area contributed by atoms with E-state index in [0.29, 0.717) is 18.0 Å². The molecule has 0 fully saturated rings. The zero-order valence-corrected chi connectivity index (χ0v) is 23.3. The van der Waals surface area contributed by atoms with Gasteiger partial charge in [-0.2, -0.15) is 0 Å². The lowest BCUT2D eigenvalue weighted by Gasteiger charge is -2.32. The quantitative estimate of drug-likeness (QED) is 0.398. The predicted octanol–water partition coefficient (Wildman–Crippen LogP) is 4.06. The average Bonchev–Trinajstić information content (AvgIpc) is 2.90. The van der Waals surface area contributed by atoms with Gasteiger partial charge < -0.3 is 15.0 Å². The maximum Gasteiger partial charge on any atom is 0.264 e. The Kier molecular flexibility index (Phi) is 9.52. The lowest BCUT2D eigenvalue weighted by molar-refractivity contribution is -0.139. The maximum atomic E-state index is 13.8. The summed E-state index contributed by atoms with van der Waals surface area (Å²) in [7, 11) is -2.63. The second kappa shape index (κ2) is 12.6. The van der Waals surface area contributed by atoms with Crippen LogP contribution in [0.1, 0.15) is 30.5 Å². The van der Waals surface area contributed by atoms with Crippen molar-refractivity contribution in [2.75, 3.05) is 24.5 Å². The molecule has 202 valence electrons. The van der Waals surface area contributed by atoms with E-state index in [1.54, 1.807) is 43.3 Å². The van der Waals surface area contributed by atoms with Crippen LogP contribution < -0.4 is 14.4 Å². The van der Waals surface area contributed by atoms with Crippen LogP contribution in [0, 0.1) is 13.8 Å². The van der Waals surface area contributed by atoms with E-state index in [0.717, 1.165) is 21.0 Å². The first-order valence-corrected chi connectivity index (χ1v) is 13.9. The lowest BCUT2D eigenvalue weighted by atomic mass is 10.1. The van der Waals surface area contributed by atoms with Crippen LogP contribution in [0.3, 0.4) is 0 Å². The number of benzene rings is 3. The number of rotatable bonds is 11. The number of anilines is 1. The molecule has 1 atom stereocenters. The molecule has 0 aliphatic carbocycles. The van der Waals surface area contributed by atoms with E-state index in [1.807, 2.05) is 45.0 Å². The molecule has 0 heterocycles. The Labute approximate surface area is 225 Å². The van der Waals surface area contributed by atoms with Crippen LogP contribution in [-0.2, 0) is 26.2 Å². The number of nitrogens with zero attached hydrogens (tertiary/aromatic N) is 2. The first-order valence-electron chi connectivity index (χ1n) is 12.5. The molecule has 3 rings (SSSR count). The monoisotopic (exact) mass is 537 g/mol. The molecule has 3 aromatic carbocycles. The van der Waals surface area contributed by atoms with E-state index in [2.05, 4.69) is 5.32 Å². The van der Waals surface area contributed by atoms with Gasteiger partial charge in [0.1, 0.15) is 18.3 Å². The Morgan fingerprint density at radius 2 is 1.61 bits per heavy atom. The fourth-order valence-electron chi connectivity index (χ4n) is 4.04. The van der Waals surface area contributed by atoms with Crippen molar-refractivity contribution in [2.45, 2.75) is 45.2 Å². The fraction of sp³-hybridized carbons (Fsp3) is 0.310. The number of carbonyl (C=O) groups is 2. The summed E-state index contributed by atoms with van der Waals surface area (Å²) < 4.78 is 34.2. The largest absolute Gasteiger partial charge is 0.494 e. The van der Waals surface area contributed by atoms with Gasteiger partial charge >= 0.3 is 0 Å². The minimum Gasteiger partial charge on any atom is -0.494 e.